The molecule has 2 aromatic heterocycles. The number of nitrogens with zero attached hydrogens (tertiary/aromatic N) is 4. The Hall–Kier alpha value is -4.32. The molecule has 0 aliphatic carbocycles. The molecule has 5 aromatic rings. The Balaban J connectivity index is 1.36. The van der Waals surface area contributed by atoms with Crippen LogP contribution >= 0.6 is 0 Å². The number of rotatable bonds is 10. The van der Waals surface area contributed by atoms with Gasteiger partial charge in [-0.25, -0.2) is 0 Å². The Labute approximate surface area is 223 Å². The number of aryl methyl sites for hydroxylation is 1. The van der Waals surface area contributed by atoms with Gasteiger partial charge in [-0.1, -0.05) is 64.1 Å². The summed E-state index contributed by atoms with van der Waals surface area (Å²) in [7, 11) is 0. The molecule has 192 valence electrons. The molecule has 0 aliphatic heterocycles. The Bertz CT molecular complexity index is 1510. The summed E-state index contributed by atoms with van der Waals surface area (Å²) >= 11 is 0. The first-order valence-corrected chi connectivity index (χ1v) is 13.2. The summed E-state index contributed by atoms with van der Waals surface area (Å²) in [6.45, 7) is 10.6. The van der Waals surface area contributed by atoms with Gasteiger partial charge in [0.25, 0.3) is 0 Å². The first kappa shape index (κ1) is 25.3. The van der Waals surface area contributed by atoms with Crippen molar-refractivity contribution in [2.45, 2.75) is 52.4 Å². The molecule has 0 amide bonds. The van der Waals surface area contributed by atoms with Gasteiger partial charge in [0.15, 0.2) is 0 Å². The van der Waals surface area contributed by atoms with Crippen LogP contribution in [0, 0.1) is 0 Å². The number of unbranched alkanes of at least 4 members (excludes halogenated alkanes) is 1. The Morgan fingerprint density at radius 3 is 1.89 bits per heavy atom. The van der Waals surface area contributed by atoms with Crippen molar-refractivity contribution in [1.82, 2.24) is 20.4 Å². The van der Waals surface area contributed by atoms with Gasteiger partial charge in [0.2, 0.25) is 23.6 Å². The standard InChI is InChI=1S/C32H32N4O2/c1-5-8-9-22-10-12-25(13-11-22)29-33-35-31(37-29)27-18-19-28(23(7-3)20-27)32-36-34-30(38-32)26-16-14-24(15-17-26)21(4)6-2/h7,10-21H,3,5-6,8-9H2,1-2,4H3. The third-order valence-corrected chi connectivity index (χ3v) is 6.96. The third-order valence-electron chi connectivity index (χ3n) is 6.96. The molecule has 0 bridgehead atoms. The van der Waals surface area contributed by atoms with Crippen molar-refractivity contribution in [2.24, 2.45) is 0 Å². The van der Waals surface area contributed by atoms with Crippen LogP contribution in [0.25, 0.3) is 51.9 Å². The lowest BCUT2D eigenvalue weighted by atomic mass is 9.98. The fourth-order valence-electron chi connectivity index (χ4n) is 4.35. The first-order valence-electron chi connectivity index (χ1n) is 13.2. The second kappa shape index (κ2) is 11.4. The number of hydrogen-bond donors (Lipinski definition) is 0. The highest BCUT2D eigenvalue weighted by atomic mass is 16.4. The summed E-state index contributed by atoms with van der Waals surface area (Å²) in [6, 6.07) is 22.4. The van der Waals surface area contributed by atoms with Gasteiger partial charge in [0, 0.05) is 22.3 Å². The van der Waals surface area contributed by atoms with Crippen LogP contribution in [-0.4, -0.2) is 20.4 Å². The average molecular weight is 505 g/mol. The highest BCUT2D eigenvalue weighted by molar-refractivity contribution is 5.74. The summed E-state index contributed by atoms with van der Waals surface area (Å²) in [6.07, 6.45) is 6.30. The Morgan fingerprint density at radius 2 is 1.29 bits per heavy atom. The lowest BCUT2D eigenvalue weighted by molar-refractivity contribution is 0.582. The zero-order chi connectivity index (χ0) is 26.5. The molecule has 0 saturated heterocycles. The van der Waals surface area contributed by atoms with E-state index in [0.717, 1.165) is 40.7 Å². The summed E-state index contributed by atoms with van der Waals surface area (Å²) < 4.78 is 12.1. The van der Waals surface area contributed by atoms with Crippen LogP contribution in [-0.2, 0) is 6.42 Å². The van der Waals surface area contributed by atoms with Crippen LogP contribution in [0.1, 0.15) is 62.6 Å². The van der Waals surface area contributed by atoms with Crippen LogP contribution in [0.15, 0.2) is 82.1 Å². The fraction of sp³-hybridized carbons (Fsp3) is 0.250. The van der Waals surface area contributed by atoms with Gasteiger partial charge in [-0.3, -0.25) is 0 Å². The summed E-state index contributed by atoms with van der Waals surface area (Å²) in [5.74, 6) is 2.37. The quantitative estimate of drug-likeness (QED) is 0.189. The van der Waals surface area contributed by atoms with Crippen molar-refractivity contribution in [3.63, 3.8) is 0 Å². The normalized spacial score (nSPS) is 12.0. The number of hydrogen-bond acceptors (Lipinski definition) is 6. The molecule has 6 nitrogen and oxygen atoms in total. The van der Waals surface area contributed by atoms with Gasteiger partial charge in [-0.2, -0.15) is 0 Å². The lowest BCUT2D eigenvalue weighted by Crippen LogP contribution is -1.90. The lowest BCUT2D eigenvalue weighted by Gasteiger charge is -2.08. The van der Waals surface area contributed by atoms with Gasteiger partial charge >= 0.3 is 0 Å². The van der Waals surface area contributed by atoms with E-state index in [4.69, 9.17) is 8.83 Å². The van der Waals surface area contributed by atoms with E-state index in [9.17, 15) is 0 Å². The van der Waals surface area contributed by atoms with Crippen molar-refractivity contribution >= 4 is 6.08 Å². The molecule has 0 radical (unpaired) electrons. The second-order valence-electron chi connectivity index (χ2n) is 9.56. The summed E-state index contributed by atoms with van der Waals surface area (Å²) in [4.78, 5) is 0. The van der Waals surface area contributed by atoms with Gasteiger partial charge in [-0.05, 0) is 84.3 Å². The minimum atomic E-state index is 0.432. The largest absolute Gasteiger partial charge is 0.416 e. The molecule has 3 aromatic carbocycles. The van der Waals surface area contributed by atoms with E-state index in [1.165, 1.54) is 24.0 Å². The molecule has 0 aliphatic rings. The molecular weight excluding hydrogens is 472 g/mol. The monoisotopic (exact) mass is 504 g/mol. The second-order valence-corrected chi connectivity index (χ2v) is 9.56. The van der Waals surface area contributed by atoms with Crippen LogP contribution in [0.3, 0.4) is 0 Å². The Morgan fingerprint density at radius 1 is 0.737 bits per heavy atom. The van der Waals surface area contributed by atoms with E-state index < -0.39 is 0 Å². The van der Waals surface area contributed by atoms with E-state index in [-0.39, 0.29) is 0 Å². The van der Waals surface area contributed by atoms with Gasteiger partial charge in [0.1, 0.15) is 0 Å². The molecule has 1 atom stereocenters. The first-order chi connectivity index (χ1) is 18.6. The maximum atomic E-state index is 6.05. The Kier molecular flexibility index (Phi) is 7.59. The van der Waals surface area contributed by atoms with Crippen LogP contribution < -0.4 is 0 Å². The van der Waals surface area contributed by atoms with Crippen LogP contribution in [0.5, 0.6) is 0 Å². The topological polar surface area (TPSA) is 77.8 Å². The van der Waals surface area contributed by atoms with Gasteiger partial charge in [0.05, 0.1) is 0 Å². The third kappa shape index (κ3) is 5.35. The molecule has 1 unspecified atom stereocenters. The van der Waals surface area contributed by atoms with E-state index in [2.05, 4.69) is 72.0 Å². The van der Waals surface area contributed by atoms with E-state index in [1.54, 1.807) is 6.08 Å². The minimum absolute atomic E-state index is 0.432. The van der Waals surface area contributed by atoms with E-state index in [1.807, 2.05) is 42.5 Å². The molecule has 2 heterocycles. The number of aromatic nitrogens is 4. The number of benzene rings is 3. The van der Waals surface area contributed by atoms with Crippen molar-refractivity contribution < 1.29 is 8.83 Å². The molecule has 0 spiro atoms. The molecule has 38 heavy (non-hydrogen) atoms. The summed E-state index contributed by atoms with van der Waals surface area (Å²) in [5, 5.41) is 17.1. The maximum absolute atomic E-state index is 6.05. The zero-order valence-electron chi connectivity index (χ0n) is 22.1. The molecule has 0 N–H and O–H groups in total. The van der Waals surface area contributed by atoms with Crippen LogP contribution in [0.4, 0.5) is 0 Å². The highest BCUT2D eigenvalue weighted by Crippen LogP contribution is 2.32. The summed E-state index contributed by atoms with van der Waals surface area (Å²) in [5.41, 5.74) is 6.83. The van der Waals surface area contributed by atoms with Crippen molar-refractivity contribution in [1.29, 1.82) is 0 Å². The maximum Gasteiger partial charge on any atom is 0.248 e. The average Bonchev–Trinajstić information content (AvgIpc) is 3.67. The smallest absolute Gasteiger partial charge is 0.248 e. The SMILES string of the molecule is C=Cc1cc(-c2nnc(-c3ccc(CCCC)cc3)o2)ccc1-c1nnc(-c2ccc(C(C)CC)cc2)o1. The van der Waals surface area contributed by atoms with E-state index in [0.29, 0.717) is 29.5 Å². The van der Waals surface area contributed by atoms with Crippen molar-refractivity contribution in [3.8, 4) is 45.8 Å². The predicted molar refractivity (Wildman–Crippen MR) is 151 cm³/mol. The van der Waals surface area contributed by atoms with Crippen molar-refractivity contribution in [2.75, 3.05) is 0 Å². The van der Waals surface area contributed by atoms with Gasteiger partial charge < -0.3 is 8.83 Å². The predicted octanol–water partition coefficient (Wildman–Crippen LogP) is 8.62. The van der Waals surface area contributed by atoms with Crippen molar-refractivity contribution in [3.05, 3.63) is 90.0 Å². The molecule has 0 saturated carbocycles. The van der Waals surface area contributed by atoms with Gasteiger partial charge in [-0.15, -0.1) is 20.4 Å². The van der Waals surface area contributed by atoms with E-state index >= 15 is 0 Å². The zero-order valence-corrected chi connectivity index (χ0v) is 22.1. The highest BCUT2D eigenvalue weighted by Gasteiger charge is 2.17. The molecule has 6 heteroatoms. The molecular formula is C32H32N4O2. The molecule has 5 rings (SSSR count). The molecule has 0 fully saturated rings. The van der Waals surface area contributed by atoms with Crippen LogP contribution in [0.2, 0.25) is 0 Å². The minimum Gasteiger partial charge on any atom is -0.416 e. The fourth-order valence-corrected chi connectivity index (χ4v) is 4.35.